The first-order valence-electron chi connectivity index (χ1n) is 7.23. The average Bonchev–Trinajstić information content (AvgIpc) is 2.44. The molecule has 0 saturated heterocycles. The number of halogens is 2. The summed E-state index contributed by atoms with van der Waals surface area (Å²) in [6, 6.07) is 9.15. The number of rotatable bonds is 4. The summed E-state index contributed by atoms with van der Waals surface area (Å²) >= 11 is 6.83. The molecule has 0 aromatic heterocycles. The Balaban J connectivity index is 2.36. The first-order valence-corrected chi connectivity index (χ1v) is 8.81. The van der Waals surface area contributed by atoms with Crippen molar-refractivity contribution in [1.82, 2.24) is 0 Å². The highest BCUT2D eigenvalue weighted by atomic mass is 79.9. The van der Waals surface area contributed by atoms with Gasteiger partial charge in [-0.05, 0) is 69.2 Å². The molecule has 0 bridgehead atoms. The normalized spacial score (nSPS) is 10.7. The predicted octanol–water partition coefficient (Wildman–Crippen LogP) is 5.83. The van der Waals surface area contributed by atoms with Crippen molar-refractivity contribution in [3.8, 4) is 11.5 Å². The lowest BCUT2D eigenvalue weighted by Gasteiger charge is -2.15. The van der Waals surface area contributed by atoms with Crippen molar-refractivity contribution in [2.75, 3.05) is 0 Å². The highest BCUT2D eigenvalue weighted by Crippen LogP contribution is 2.30. The minimum Gasteiger partial charge on any atom is -0.490 e. The van der Waals surface area contributed by atoms with Crippen LogP contribution in [0.15, 0.2) is 39.3 Å². The fraction of sp³-hybridized carbons (Fsp3) is 0.278. The molecular formula is C18H18Br2O3. The number of ether oxygens (including phenoxy) is 2. The second kappa shape index (κ2) is 7.49. The number of carbonyl (C=O) groups is 1. The highest BCUT2D eigenvalue weighted by molar-refractivity contribution is 9.10. The zero-order chi connectivity index (χ0) is 17.1. The third-order valence-electron chi connectivity index (χ3n) is 3.14. The Morgan fingerprint density at radius 1 is 1.00 bits per heavy atom. The molecule has 3 nitrogen and oxygen atoms in total. The molecule has 0 N–H and O–H groups in total. The molecule has 0 spiro atoms. The van der Waals surface area contributed by atoms with Crippen LogP contribution < -0.4 is 9.47 Å². The van der Waals surface area contributed by atoms with Gasteiger partial charge in [-0.15, -0.1) is 0 Å². The van der Waals surface area contributed by atoms with Crippen LogP contribution in [0.4, 0.5) is 0 Å². The number of carbonyl (C=O) groups excluding carboxylic acids is 1. The van der Waals surface area contributed by atoms with Crippen LogP contribution in [-0.4, -0.2) is 12.1 Å². The SMILES string of the molecule is Cc1cc(Br)cc(C)c1OC(=O)c1cc(Br)ccc1OC(C)C. The van der Waals surface area contributed by atoms with Crippen molar-refractivity contribution >= 4 is 37.8 Å². The van der Waals surface area contributed by atoms with Crippen molar-refractivity contribution in [1.29, 1.82) is 0 Å². The van der Waals surface area contributed by atoms with Gasteiger partial charge in [0.1, 0.15) is 17.1 Å². The molecule has 0 atom stereocenters. The zero-order valence-electron chi connectivity index (χ0n) is 13.4. The van der Waals surface area contributed by atoms with Crippen LogP contribution in [0.3, 0.4) is 0 Å². The summed E-state index contributed by atoms with van der Waals surface area (Å²) in [5, 5.41) is 0. The van der Waals surface area contributed by atoms with Crippen molar-refractivity contribution < 1.29 is 14.3 Å². The molecule has 0 fully saturated rings. The number of benzene rings is 2. The van der Waals surface area contributed by atoms with E-state index in [4.69, 9.17) is 9.47 Å². The van der Waals surface area contributed by atoms with Crippen LogP contribution in [0.1, 0.15) is 35.3 Å². The molecule has 0 amide bonds. The summed E-state index contributed by atoms with van der Waals surface area (Å²) in [7, 11) is 0. The molecule has 0 radical (unpaired) electrons. The monoisotopic (exact) mass is 440 g/mol. The lowest BCUT2D eigenvalue weighted by Crippen LogP contribution is -2.14. The molecule has 2 aromatic carbocycles. The average molecular weight is 442 g/mol. The summed E-state index contributed by atoms with van der Waals surface area (Å²) in [5.41, 5.74) is 2.19. The molecule has 0 aliphatic heterocycles. The molecule has 0 aliphatic rings. The Morgan fingerprint density at radius 3 is 2.17 bits per heavy atom. The summed E-state index contributed by atoms with van der Waals surface area (Å²) in [6.45, 7) is 7.65. The van der Waals surface area contributed by atoms with E-state index in [0.717, 1.165) is 20.1 Å². The lowest BCUT2D eigenvalue weighted by atomic mass is 10.1. The van der Waals surface area contributed by atoms with Gasteiger partial charge in [0.2, 0.25) is 0 Å². The van der Waals surface area contributed by atoms with E-state index in [1.54, 1.807) is 12.1 Å². The first kappa shape index (κ1) is 18.0. The maximum atomic E-state index is 12.6. The van der Waals surface area contributed by atoms with Crippen LogP contribution in [-0.2, 0) is 0 Å². The predicted molar refractivity (Wildman–Crippen MR) is 98.5 cm³/mol. The van der Waals surface area contributed by atoms with E-state index < -0.39 is 5.97 Å². The molecule has 5 heteroatoms. The van der Waals surface area contributed by atoms with Gasteiger partial charge in [-0.3, -0.25) is 0 Å². The Kier molecular flexibility index (Phi) is 5.87. The number of hydrogen-bond acceptors (Lipinski definition) is 3. The Hall–Kier alpha value is -1.33. The number of esters is 1. The van der Waals surface area contributed by atoms with E-state index in [1.807, 2.05) is 45.9 Å². The van der Waals surface area contributed by atoms with Gasteiger partial charge in [-0.2, -0.15) is 0 Å². The van der Waals surface area contributed by atoms with Gasteiger partial charge in [-0.1, -0.05) is 31.9 Å². The molecule has 122 valence electrons. The van der Waals surface area contributed by atoms with Gasteiger partial charge >= 0.3 is 5.97 Å². The number of aryl methyl sites for hydroxylation is 2. The molecule has 2 rings (SSSR count). The van der Waals surface area contributed by atoms with E-state index in [1.165, 1.54) is 0 Å². The lowest BCUT2D eigenvalue weighted by molar-refractivity contribution is 0.0726. The van der Waals surface area contributed by atoms with Gasteiger partial charge in [0.25, 0.3) is 0 Å². The van der Waals surface area contributed by atoms with Crippen LogP contribution in [0.25, 0.3) is 0 Å². The molecule has 0 aliphatic carbocycles. The standard InChI is InChI=1S/C18H18Br2O3/c1-10(2)22-16-6-5-13(19)9-15(16)18(21)23-17-11(3)7-14(20)8-12(17)4/h5-10H,1-4H3. The van der Waals surface area contributed by atoms with E-state index in [9.17, 15) is 4.79 Å². The Bertz CT molecular complexity index is 716. The molecule has 0 unspecified atom stereocenters. The van der Waals surface area contributed by atoms with Gasteiger partial charge in [0.15, 0.2) is 0 Å². The zero-order valence-corrected chi connectivity index (χ0v) is 16.6. The van der Waals surface area contributed by atoms with Crippen molar-refractivity contribution in [3.63, 3.8) is 0 Å². The Morgan fingerprint density at radius 2 is 1.61 bits per heavy atom. The van der Waals surface area contributed by atoms with Gasteiger partial charge in [0.05, 0.1) is 6.10 Å². The first-order chi connectivity index (χ1) is 10.8. The maximum absolute atomic E-state index is 12.6. The Labute approximate surface area is 153 Å². The fourth-order valence-electron chi connectivity index (χ4n) is 2.22. The molecular weight excluding hydrogens is 424 g/mol. The van der Waals surface area contributed by atoms with E-state index in [2.05, 4.69) is 31.9 Å². The maximum Gasteiger partial charge on any atom is 0.347 e. The van der Waals surface area contributed by atoms with Gasteiger partial charge in [-0.25, -0.2) is 4.79 Å². The van der Waals surface area contributed by atoms with Crippen LogP contribution >= 0.6 is 31.9 Å². The smallest absolute Gasteiger partial charge is 0.347 e. The molecule has 2 aromatic rings. The summed E-state index contributed by atoms with van der Waals surface area (Å²) in [5.74, 6) is 0.657. The van der Waals surface area contributed by atoms with Gasteiger partial charge in [0, 0.05) is 8.95 Å². The van der Waals surface area contributed by atoms with Gasteiger partial charge < -0.3 is 9.47 Å². The van der Waals surface area contributed by atoms with Crippen molar-refractivity contribution in [2.45, 2.75) is 33.8 Å². The minimum absolute atomic E-state index is 0.0288. The van der Waals surface area contributed by atoms with E-state index in [0.29, 0.717) is 17.1 Å². The van der Waals surface area contributed by atoms with Crippen LogP contribution in [0.5, 0.6) is 11.5 Å². The minimum atomic E-state index is -0.435. The second-order valence-corrected chi connectivity index (χ2v) is 7.40. The summed E-state index contributed by atoms with van der Waals surface area (Å²) < 4.78 is 13.1. The molecule has 23 heavy (non-hydrogen) atoms. The third-order valence-corrected chi connectivity index (χ3v) is 4.10. The van der Waals surface area contributed by atoms with Crippen LogP contribution in [0, 0.1) is 13.8 Å². The number of hydrogen-bond donors (Lipinski definition) is 0. The fourth-order valence-corrected chi connectivity index (χ4v) is 3.27. The largest absolute Gasteiger partial charge is 0.490 e. The van der Waals surface area contributed by atoms with Crippen molar-refractivity contribution in [2.24, 2.45) is 0 Å². The molecule has 0 saturated carbocycles. The van der Waals surface area contributed by atoms with Crippen LogP contribution in [0.2, 0.25) is 0 Å². The van der Waals surface area contributed by atoms with E-state index >= 15 is 0 Å². The molecule has 0 heterocycles. The highest BCUT2D eigenvalue weighted by Gasteiger charge is 2.18. The topological polar surface area (TPSA) is 35.5 Å². The summed E-state index contributed by atoms with van der Waals surface area (Å²) in [4.78, 5) is 12.6. The van der Waals surface area contributed by atoms with Crippen molar-refractivity contribution in [3.05, 3.63) is 56.0 Å². The van der Waals surface area contributed by atoms with E-state index in [-0.39, 0.29) is 6.10 Å². The third kappa shape index (κ3) is 4.58. The quantitative estimate of drug-likeness (QED) is 0.442. The second-order valence-electron chi connectivity index (χ2n) is 5.57. The summed E-state index contributed by atoms with van der Waals surface area (Å²) in [6.07, 6.45) is -0.0288.